The van der Waals surface area contributed by atoms with Crippen LogP contribution in [0.15, 0.2) is 30.3 Å². The molecule has 3 aliphatic rings. The van der Waals surface area contributed by atoms with E-state index in [9.17, 15) is 18.0 Å². The smallest absolute Gasteiger partial charge is 0.475 e. The molecular formula is C21H27F3N2O4. The Labute approximate surface area is 173 Å². The van der Waals surface area contributed by atoms with Crippen LogP contribution >= 0.6 is 0 Å². The third-order valence-electron chi connectivity index (χ3n) is 5.73. The first-order chi connectivity index (χ1) is 14.2. The molecule has 166 valence electrons. The van der Waals surface area contributed by atoms with E-state index in [4.69, 9.17) is 14.6 Å². The van der Waals surface area contributed by atoms with Gasteiger partial charge in [-0.25, -0.2) is 4.79 Å². The fourth-order valence-corrected chi connectivity index (χ4v) is 3.98. The molecule has 4 rings (SSSR count). The van der Waals surface area contributed by atoms with E-state index in [1.165, 1.54) is 5.56 Å². The monoisotopic (exact) mass is 428 g/mol. The van der Waals surface area contributed by atoms with Crippen LogP contribution in [0.4, 0.5) is 13.2 Å². The lowest BCUT2D eigenvalue weighted by atomic mass is 9.82. The standard InChI is InChI=1S/C19H26N2O2.C2HF3O2/c22-19(20-15-6-7-15)17-12-21(13-18-16(17)9-11-23-18)10-8-14-4-2-1-3-5-14;3-2(4,5)1(6)7/h1-5,15-18H,6-13H2,(H,20,22);(H,6,7)/t16-,17-,18+;/m0./s1. The summed E-state index contributed by atoms with van der Waals surface area (Å²) < 4.78 is 37.7. The number of piperidine rings is 1. The summed E-state index contributed by atoms with van der Waals surface area (Å²) >= 11 is 0. The van der Waals surface area contributed by atoms with Crippen LogP contribution in [0.1, 0.15) is 24.8 Å². The van der Waals surface area contributed by atoms with Crippen LogP contribution < -0.4 is 5.32 Å². The maximum atomic E-state index is 12.6. The first kappa shape index (κ1) is 22.6. The molecule has 1 saturated carbocycles. The zero-order valence-corrected chi connectivity index (χ0v) is 16.6. The average Bonchev–Trinajstić information content (AvgIpc) is 3.39. The quantitative estimate of drug-likeness (QED) is 0.754. The van der Waals surface area contributed by atoms with E-state index < -0.39 is 12.1 Å². The predicted octanol–water partition coefficient (Wildman–Crippen LogP) is 2.48. The second-order valence-corrected chi connectivity index (χ2v) is 8.05. The number of carbonyl (C=O) groups is 2. The van der Waals surface area contributed by atoms with Gasteiger partial charge in [0.15, 0.2) is 0 Å². The number of carboxylic acid groups (broad SMARTS) is 1. The lowest BCUT2D eigenvalue weighted by Gasteiger charge is -2.39. The van der Waals surface area contributed by atoms with Gasteiger partial charge in [-0.3, -0.25) is 9.69 Å². The van der Waals surface area contributed by atoms with Crippen LogP contribution in [0.25, 0.3) is 0 Å². The number of carbonyl (C=O) groups excluding carboxylic acids is 1. The van der Waals surface area contributed by atoms with Crippen molar-refractivity contribution in [1.29, 1.82) is 0 Å². The largest absolute Gasteiger partial charge is 0.490 e. The summed E-state index contributed by atoms with van der Waals surface area (Å²) in [5.41, 5.74) is 1.36. The van der Waals surface area contributed by atoms with Crippen LogP contribution in [0.5, 0.6) is 0 Å². The number of nitrogens with one attached hydrogen (secondary N) is 1. The van der Waals surface area contributed by atoms with Gasteiger partial charge < -0.3 is 15.2 Å². The number of nitrogens with zero attached hydrogens (tertiary/aromatic N) is 1. The van der Waals surface area contributed by atoms with E-state index in [1.54, 1.807) is 0 Å². The summed E-state index contributed by atoms with van der Waals surface area (Å²) in [6.45, 7) is 3.68. The average molecular weight is 428 g/mol. The summed E-state index contributed by atoms with van der Waals surface area (Å²) in [5.74, 6) is -1.97. The Kier molecular flexibility index (Phi) is 7.36. The summed E-state index contributed by atoms with van der Waals surface area (Å²) in [7, 11) is 0. The van der Waals surface area contributed by atoms with E-state index in [1.807, 2.05) is 0 Å². The molecule has 2 heterocycles. The summed E-state index contributed by atoms with van der Waals surface area (Å²) in [6.07, 6.45) is -0.453. The molecule has 2 aliphatic heterocycles. The van der Waals surface area contributed by atoms with Crippen LogP contribution in [0, 0.1) is 11.8 Å². The number of carboxylic acids is 1. The highest BCUT2D eigenvalue weighted by atomic mass is 19.4. The van der Waals surface area contributed by atoms with Crippen LogP contribution in [-0.2, 0) is 20.7 Å². The molecule has 0 aromatic heterocycles. The molecule has 1 amide bonds. The molecule has 3 fully saturated rings. The Morgan fingerprint density at radius 3 is 2.40 bits per heavy atom. The van der Waals surface area contributed by atoms with Crippen molar-refractivity contribution in [3.05, 3.63) is 35.9 Å². The van der Waals surface area contributed by atoms with Gasteiger partial charge in [-0.1, -0.05) is 30.3 Å². The summed E-state index contributed by atoms with van der Waals surface area (Å²) in [6, 6.07) is 11.0. The van der Waals surface area contributed by atoms with Gasteiger partial charge in [0.05, 0.1) is 12.0 Å². The number of hydrogen-bond donors (Lipinski definition) is 2. The number of amides is 1. The molecule has 1 aromatic carbocycles. The van der Waals surface area contributed by atoms with Crippen molar-refractivity contribution in [2.75, 3.05) is 26.2 Å². The molecule has 6 nitrogen and oxygen atoms in total. The van der Waals surface area contributed by atoms with Crippen molar-refractivity contribution in [2.24, 2.45) is 11.8 Å². The van der Waals surface area contributed by atoms with Crippen molar-refractivity contribution in [2.45, 2.75) is 44.0 Å². The van der Waals surface area contributed by atoms with Gasteiger partial charge in [0.25, 0.3) is 0 Å². The van der Waals surface area contributed by atoms with Gasteiger partial charge in [0.1, 0.15) is 0 Å². The minimum atomic E-state index is -5.08. The van der Waals surface area contributed by atoms with Gasteiger partial charge in [-0.15, -0.1) is 0 Å². The fraction of sp³-hybridized carbons (Fsp3) is 0.619. The van der Waals surface area contributed by atoms with Crippen LogP contribution in [0.2, 0.25) is 0 Å². The van der Waals surface area contributed by atoms with Gasteiger partial charge in [-0.05, 0) is 31.2 Å². The minimum absolute atomic E-state index is 0.104. The number of hydrogen-bond acceptors (Lipinski definition) is 4. The third-order valence-corrected chi connectivity index (χ3v) is 5.73. The number of ether oxygens (including phenoxy) is 1. The fourth-order valence-electron chi connectivity index (χ4n) is 3.98. The Balaban J connectivity index is 0.000000318. The number of aliphatic carboxylic acids is 1. The number of alkyl halides is 3. The first-order valence-corrected chi connectivity index (χ1v) is 10.2. The highest BCUT2D eigenvalue weighted by molar-refractivity contribution is 5.80. The minimum Gasteiger partial charge on any atom is -0.475 e. The maximum Gasteiger partial charge on any atom is 0.490 e. The van der Waals surface area contributed by atoms with E-state index >= 15 is 0 Å². The molecule has 30 heavy (non-hydrogen) atoms. The van der Waals surface area contributed by atoms with E-state index in [-0.39, 0.29) is 17.9 Å². The van der Waals surface area contributed by atoms with Crippen molar-refractivity contribution in [3.8, 4) is 0 Å². The predicted molar refractivity (Wildman–Crippen MR) is 103 cm³/mol. The summed E-state index contributed by atoms with van der Waals surface area (Å²) in [5, 5.41) is 10.3. The second kappa shape index (κ2) is 9.78. The van der Waals surface area contributed by atoms with Crippen LogP contribution in [0.3, 0.4) is 0 Å². The molecule has 0 spiro atoms. The zero-order chi connectivity index (χ0) is 21.7. The highest BCUT2D eigenvalue weighted by Gasteiger charge is 2.44. The normalized spacial score (nSPS) is 26.3. The molecule has 1 aliphatic carbocycles. The Hall–Kier alpha value is -2.13. The lowest BCUT2D eigenvalue weighted by Crippen LogP contribution is -2.53. The lowest BCUT2D eigenvalue weighted by molar-refractivity contribution is -0.192. The molecule has 2 N–H and O–H groups in total. The number of benzene rings is 1. The van der Waals surface area contributed by atoms with Gasteiger partial charge in [0.2, 0.25) is 5.91 Å². The van der Waals surface area contributed by atoms with E-state index in [2.05, 4.69) is 40.5 Å². The van der Waals surface area contributed by atoms with Crippen molar-refractivity contribution in [1.82, 2.24) is 10.2 Å². The molecule has 2 saturated heterocycles. The molecule has 3 atom stereocenters. The topological polar surface area (TPSA) is 78.9 Å². The third kappa shape index (κ3) is 6.43. The maximum absolute atomic E-state index is 12.6. The molecule has 0 radical (unpaired) electrons. The molecule has 0 bridgehead atoms. The number of likely N-dealkylation sites (tertiary alicyclic amines) is 1. The first-order valence-electron chi connectivity index (χ1n) is 10.2. The summed E-state index contributed by atoms with van der Waals surface area (Å²) in [4.78, 5) is 23.9. The zero-order valence-electron chi connectivity index (χ0n) is 16.6. The number of halogens is 3. The molecule has 9 heteroatoms. The number of rotatable bonds is 5. The Morgan fingerprint density at radius 1 is 1.13 bits per heavy atom. The van der Waals surface area contributed by atoms with Gasteiger partial charge >= 0.3 is 12.1 Å². The molecular weight excluding hydrogens is 401 g/mol. The molecule has 1 aromatic rings. The van der Waals surface area contributed by atoms with Gasteiger partial charge in [0, 0.05) is 38.2 Å². The van der Waals surface area contributed by atoms with E-state index in [0.29, 0.717) is 12.0 Å². The SMILES string of the molecule is O=C(NC1CC1)[C@H]1CN(CCc2ccccc2)C[C@H]2OCC[C@@H]12.O=C(O)C(F)(F)F. The van der Waals surface area contributed by atoms with Crippen molar-refractivity contribution >= 4 is 11.9 Å². The van der Waals surface area contributed by atoms with Crippen LogP contribution in [-0.4, -0.2) is 66.4 Å². The second-order valence-electron chi connectivity index (χ2n) is 8.05. The van der Waals surface area contributed by atoms with Gasteiger partial charge in [-0.2, -0.15) is 13.2 Å². The van der Waals surface area contributed by atoms with Crippen molar-refractivity contribution < 1.29 is 32.6 Å². The highest BCUT2D eigenvalue weighted by Crippen LogP contribution is 2.34. The molecule has 0 unspecified atom stereocenters. The Bertz CT molecular complexity index is 725. The Morgan fingerprint density at radius 2 is 1.80 bits per heavy atom. The number of fused-ring (bicyclic) bond motifs is 1. The van der Waals surface area contributed by atoms with Crippen molar-refractivity contribution in [3.63, 3.8) is 0 Å². The van der Waals surface area contributed by atoms with E-state index in [0.717, 1.165) is 51.9 Å².